The lowest BCUT2D eigenvalue weighted by Crippen LogP contribution is -2.41. The molecular formula is C20H20FN7O5. The molecule has 33 heavy (non-hydrogen) atoms. The summed E-state index contributed by atoms with van der Waals surface area (Å²) in [6, 6.07) is 4.72. The summed E-state index contributed by atoms with van der Waals surface area (Å²) in [5.41, 5.74) is 5.72. The number of nitrogens with zero attached hydrogens (tertiary/aromatic N) is 3. The molecule has 2 heterocycles. The SMILES string of the molecule is Nc1nc2ncc(Nc3ccc(C(=O)NC(CCC(=O)CCF)C(=O)O)cc3)nc2c(=O)[nH]1. The summed E-state index contributed by atoms with van der Waals surface area (Å²) in [5.74, 6) is -2.18. The third-order valence-corrected chi connectivity index (χ3v) is 4.54. The number of anilines is 3. The molecule has 1 atom stereocenters. The predicted molar refractivity (Wildman–Crippen MR) is 116 cm³/mol. The number of carboxylic acid groups (broad SMARTS) is 1. The van der Waals surface area contributed by atoms with Crippen molar-refractivity contribution in [3.8, 4) is 0 Å². The van der Waals surface area contributed by atoms with Crippen LogP contribution in [0.1, 0.15) is 29.6 Å². The summed E-state index contributed by atoms with van der Waals surface area (Å²) < 4.78 is 12.2. The van der Waals surface area contributed by atoms with Crippen molar-refractivity contribution in [2.24, 2.45) is 0 Å². The molecule has 0 spiro atoms. The zero-order chi connectivity index (χ0) is 24.0. The van der Waals surface area contributed by atoms with Crippen LogP contribution in [-0.4, -0.2) is 55.4 Å². The second-order valence-corrected chi connectivity index (χ2v) is 6.96. The van der Waals surface area contributed by atoms with Gasteiger partial charge in [0, 0.05) is 24.1 Å². The normalized spacial score (nSPS) is 11.7. The van der Waals surface area contributed by atoms with E-state index in [4.69, 9.17) is 5.73 Å². The number of carboxylic acids is 1. The number of carbonyl (C=O) groups is 3. The summed E-state index contributed by atoms with van der Waals surface area (Å²) in [5, 5.41) is 14.5. The molecule has 0 aliphatic heterocycles. The molecule has 0 fully saturated rings. The minimum Gasteiger partial charge on any atom is -0.480 e. The maximum atomic E-state index is 12.4. The van der Waals surface area contributed by atoms with Crippen molar-refractivity contribution in [3.05, 3.63) is 46.4 Å². The minimum atomic E-state index is -1.30. The third-order valence-electron chi connectivity index (χ3n) is 4.54. The number of aromatic amines is 1. The molecule has 3 aromatic rings. The van der Waals surface area contributed by atoms with Crippen LogP contribution >= 0.6 is 0 Å². The lowest BCUT2D eigenvalue weighted by Gasteiger charge is -2.14. The minimum absolute atomic E-state index is 0.00472. The van der Waals surface area contributed by atoms with E-state index < -0.39 is 35.9 Å². The van der Waals surface area contributed by atoms with Crippen molar-refractivity contribution < 1.29 is 23.9 Å². The number of H-pyrrole nitrogens is 1. The Bertz CT molecular complexity index is 1250. The summed E-state index contributed by atoms with van der Waals surface area (Å²) >= 11 is 0. The first-order chi connectivity index (χ1) is 15.8. The van der Waals surface area contributed by atoms with Gasteiger partial charge in [-0.15, -0.1) is 0 Å². The van der Waals surface area contributed by atoms with Gasteiger partial charge in [0.15, 0.2) is 11.2 Å². The Hall–Kier alpha value is -4.42. The topological polar surface area (TPSA) is 193 Å². The van der Waals surface area contributed by atoms with Gasteiger partial charge in [-0.05, 0) is 30.7 Å². The quantitative estimate of drug-likeness (QED) is 0.292. The van der Waals surface area contributed by atoms with Gasteiger partial charge < -0.3 is 21.5 Å². The molecule has 0 aliphatic carbocycles. The van der Waals surface area contributed by atoms with Crippen LogP contribution in [-0.2, 0) is 9.59 Å². The highest BCUT2D eigenvalue weighted by molar-refractivity contribution is 5.97. The molecule has 0 saturated heterocycles. The van der Waals surface area contributed by atoms with E-state index in [2.05, 4.69) is 30.6 Å². The van der Waals surface area contributed by atoms with Crippen LogP contribution in [0.4, 0.5) is 21.8 Å². The van der Waals surface area contributed by atoms with E-state index >= 15 is 0 Å². The van der Waals surface area contributed by atoms with Gasteiger partial charge in [-0.1, -0.05) is 0 Å². The van der Waals surface area contributed by atoms with Gasteiger partial charge in [-0.2, -0.15) is 4.98 Å². The molecule has 6 N–H and O–H groups in total. The second kappa shape index (κ2) is 10.3. The fraction of sp³-hybridized carbons (Fsp3) is 0.250. The summed E-state index contributed by atoms with van der Waals surface area (Å²) in [6.45, 7) is -0.809. The molecule has 1 unspecified atom stereocenters. The van der Waals surface area contributed by atoms with Crippen LogP contribution in [0.3, 0.4) is 0 Å². The molecule has 1 aromatic carbocycles. The van der Waals surface area contributed by atoms with Gasteiger partial charge in [0.1, 0.15) is 17.6 Å². The van der Waals surface area contributed by atoms with Crippen molar-refractivity contribution >= 4 is 46.3 Å². The van der Waals surface area contributed by atoms with Gasteiger partial charge in [0.05, 0.1) is 12.9 Å². The molecule has 2 aromatic heterocycles. The molecule has 172 valence electrons. The number of nitrogens with one attached hydrogen (secondary N) is 3. The summed E-state index contributed by atoms with van der Waals surface area (Å²) in [7, 11) is 0. The van der Waals surface area contributed by atoms with E-state index in [0.717, 1.165) is 0 Å². The first-order valence-electron chi connectivity index (χ1n) is 9.78. The number of nitrogens with two attached hydrogens (primary N) is 1. The van der Waals surface area contributed by atoms with Crippen LogP contribution in [0.5, 0.6) is 0 Å². The smallest absolute Gasteiger partial charge is 0.326 e. The van der Waals surface area contributed by atoms with Crippen molar-refractivity contribution in [2.75, 3.05) is 17.7 Å². The van der Waals surface area contributed by atoms with Gasteiger partial charge in [0.2, 0.25) is 5.95 Å². The van der Waals surface area contributed by atoms with Gasteiger partial charge in [0.25, 0.3) is 11.5 Å². The number of benzene rings is 1. The number of alkyl halides is 1. The van der Waals surface area contributed by atoms with E-state index in [1.807, 2.05) is 0 Å². The Kier molecular flexibility index (Phi) is 7.23. The van der Waals surface area contributed by atoms with E-state index in [1.54, 1.807) is 12.1 Å². The molecule has 12 nitrogen and oxygen atoms in total. The molecule has 13 heteroatoms. The number of ketones is 1. The molecule has 0 radical (unpaired) electrons. The summed E-state index contributed by atoms with van der Waals surface area (Å²) in [6.07, 6.45) is 0.785. The number of nitrogen functional groups attached to an aromatic ring is 1. The molecule has 0 saturated carbocycles. The van der Waals surface area contributed by atoms with Crippen LogP contribution < -0.4 is 21.9 Å². The second-order valence-electron chi connectivity index (χ2n) is 6.96. The highest BCUT2D eigenvalue weighted by Crippen LogP contribution is 2.16. The molecule has 3 rings (SSSR count). The number of halogens is 1. The predicted octanol–water partition coefficient (Wildman–Crippen LogP) is 0.931. The maximum absolute atomic E-state index is 12.4. The van der Waals surface area contributed by atoms with E-state index in [1.165, 1.54) is 18.3 Å². The summed E-state index contributed by atoms with van der Waals surface area (Å²) in [4.78, 5) is 61.5. The average Bonchev–Trinajstić information content (AvgIpc) is 2.77. The Morgan fingerprint density at radius 1 is 1.15 bits per heavy atom. The number of hydrogen-bond acceptors (Lipinski definition) is 9. The Morgan fingerprint density at radius 3 is 2.55 bits per heavy atom. The number of Topliss-reactive ketones (excluding diaryl/α,β-unsaturated/α-hetero) is 1. The number of fused-ring (bicyclic) bond motifs is 1. The van der Waals surface area contributed by atoms with Crippen molar-refractivity contribution in [1.82, 2.24) is 25.3 Å². The van der Waals surface area contributed by atoms with Gasteiger partial charge >= 0.3 is 5.97 Å². The number of amides is 1. The standard InChI is InChI=1S/C20H20FN7O5/c21-8-7-12(29)5-6-13(19(32)33)25-17(30)10-1-3-11(4-2-10)24-14-9-23-16-15(26-14)18(31)28-20(22)27-16/h1-4,9,13H,5-8H2,(H,24,26)(H,25,30)(H,32,33)(H3,22,23,27,28,31). The molecule has 1 amide bonds. The maximum Gasteiger partial charge on any atom is 0.326 e. The van der Waals surface area contributed by atoms with Crippen LogP contribution in [0, 0.1) is 0 Å². The number of aromatic nitrogens is 4. The lowest BCUT2D eigenvalue weighted by molar-refractivity contribution is -0.139. The van der Waals surface area contributed by atoms with Gasteiger partial charge in [-0.3, -0.25) is 23.8 Å². The van der Waals surface area contributed by atoms with Gasteiger partial charge in [-0.25, -0.2) is 14.8 Å². The monoisotopic (exact) mass is 457 g/mol. The Balaban J connectivity index is 1.66. The van der Waals surface area contributed by atoms with Crippen molar-refractivity contribution in [3.63, 3.8) is 0 Å². The fourth-order valence-corrected chi connectivity index (χ4v) is 2.88. The zero-order valence-electron chi connectivity index (χ0n) is 17.2. The first-order valence-corrected chi connectivity index (χ1v) is 9.78. The van der Waals surface area contributed by atoms with E-state index in [0.29, 0.717) is 5.69 Å². The number of rotatable bonds is 10. The zero-order valence-corrected chi connectivity index (χ0v) is 17.2. The van der Waals surface area contributed by atoms with E-state index in [-0.39, 0.29) is 47.8 Å². The third kappa shape index (κ3) is 6.06. The number of carbonyl (C=O) groups excluding carboxylic acids is 2. The molecule has 0 aliphatic rings. The molecule has 0 bridgehead atoms. The highest BCUT2D eigenvalue weighted by Gasteiger charge is 2.21. The van der Waals surface area contributed by atoms with Crippen molar-refractivity contribution in [2.45, 2.75) is 25.3 Å². The van der Waals surface area contributed by atoms with Crippen LogP contribution in [0.2, 0.25) is 0 Å². The van der Waals surface area contributed by atoms with Crippen molar-refractivity contribution in [1.29, 1.82) is 0 Å². The highest BCUT2D eigenvalue weighted by atomic mass is 19.1. The van der Waals surface area contributed by atoms with Crippen LogP contribution in [0.25, 0.3) is 11.2 Å². The van der Waals surface area contributed by atoms with Crippen LogP contribution in [0.15, 0.2) is 35.3 Å². The molecular weight excluding hydrogens is 437 g/mol. The number of aliphatic carboxylic acids is 1. The average molecular weight is 457 g/mol. The fourth-order valence-electron chi connectivity index (χ4n) is 2.88. The Morgan fingerprint density at radius 2 is 1.88 bits per heavy atom. The Labute approximate surface area is 185 Å². The lowest BCUT2D eigenvalue weighted by atomic mass is 10.1. The first kappa shape index (κ1) is 23.2. The number of hydrogen-bond donors (Lipinski definition) is 5. The van der Waals surface area contributed by atoms with E-state index in [9.17, 15) is 28.7 Å². The largest absolute Gasteiger partial charge is 0.480 e.